The number of hydrogen-bond acceptors (Lipinski definition) is 2. The first-order valence-corrected chi connectivity index (χ1v) is 7.88. The molecule has 0 bridgehead atoms. The lowest BCUT2D eigenvalue weighted by molar-refractivity contribution is 0.290. The zero-order valence-electron chi connectivity index (χ0n) is 11.7. The van der Waals surface area contributed by atoms with E-state index in [0.29, 0.717) is 16.9 Å². The van der Waals surface area contributed by atoms with E-state index in [-0.39, 0.29) is 0 Å². The van der Waals surface area contributed by atoms with Crippen molar-refractivity contribution in [3.63, 3.8) is 0 Å². The van der Waals surface area contributed by atoms with Crippen molar-refractivity contribution in [3.8, 4) is 0 Å². The lowest BCUT2D eigenvalue weighted by Crippen LogP contribution is -2.46. The smallest absolute Gasteiger partial charge is 0.156 e. The summed E-state index contributed by atoms with van der Waals surface area (Å²) in [5.74, 6) is 1.22. The third-order valence-electron chi connectivity index (χ3n) is 4.25. The van der Waals surface area contributed by atoms with Gasteiger partial charge >= 0.3 is 0 Å². The molecule has 2 fully saturated rings. The molecule has 0 amide bonds. The highest BCUT2D eigenvalue weighted by Crippen LogP contribution is 2.48. The summed E-state index contributed by atoms with van der Waals surface area (Å²) in [6.45, 7) is 10.3. The molecule has 2 aliphatic rings. The average molecular weight is 254 g/mol. The molecule has 1 saturated heterocycles. The molecular formula is C14H26N2S. The molecule has 1 aliphatic heterocycles. The van der Waals surface area contributed by atoms with Crippen LogP contribution in [0.15, 0.2) is 4.99 Å². The van der Waals surface area contributed by atoms with Gasteiger partial charge in [0.1, 0.15) is 0 Å². The van der Waals surface area contributed by atoms with Gasteiger partial charge < -0.3 is 5.32 Å². The molecular weight excluding hydrogens is 228 g/mol. The molecule has 0 radical (unpaired) electrons. The first-order chi connectivity index (χ1) is 7.95. The number of hydrogen-bond donors (Lipinski definition) is 1. The van der Waals surface area contributed by atoms with Crippen LogP contribution in [0.2, 0.25) is 0 Å². The largest absolute Gasteiger partial charge is 0.362 e. The molecule has 0 spiro atoms. The minimum absolute atomic E-state index is 0.337. The molecule has 0 aromatic heterocycles. The van der Waals surface area contributed by atoms with E-state index in [2.05, 4.69) is 33.0 Å². The summed E-state index contributed by atoms with van der Waals surface area (Å²) in [6, 6.07) is 0.583. The van der Waals surface area contributed by atoms with Gasteiger partial charge in [-0.3, -0.25) is 4.99 Å². The first kappa shape index (κ1) is 13.3. The Hall–Kier alpha value is -0.180. The van der Waals surface area contributed by atoms with Crippen LogP contribution in [-0.4, -0.2) is 23.5 Å². The molecule has 1 heterocycles. The zero-order valence-corrected chi connectivity index (χ0v) is 12.5. The summed E-state index contributed by atoms with van der Waals surface area (Å²) in [5, 5.41) is 4.82. The summed E-state index contributed by atoms with van der Waals surface area (Å²) in [6.07, 6.45) is 5.31. The predicted molar refractivity (Wildman–Crippen MR) is 77.7 cm³/mol. The summed E-state index contributed by atoms with van der Waals surface area (Å²) < 4.78 is 0. The van der Waals surface area contributed by atoms with Crippen LogP contribution in [0.1, 0.15) is 53.4 Å². The van der Waals surface area contributed by atoms with Crippen LogP contribution in [0.25, 0.3) is 0 Å². The van der Waals surface area contributed by atoms with Crippen molar-refractivity contribution < 1.29 is 0 Å². The van der Waals surface area contributed by atoms with Crippen LogP contribution < -0.4 is 5.32 Å². The van der Waals surface area contributed by atoms with Crippen molar-refractivity contribution in [2.75, 3.05) is 12.3 Å². The Kier molecular flexibility index (Phi) is 3.77. The summed E-state index contributed by atoms with van der Waals surface area (Å²) in [7, 11) is 0. The van der Waals surface area contributed by atoms with Gasteiger partial charge in [-0.25, -0.2) is 0 Å². The SMILES string of the molecule is CCC1(CN=C2NC(C(C)(C)C)CCS2)CC1. The predicted octanol–water partition coefficient (Wildman–Crippen LogP) is 3.67. The number of nitrogens with one attached hydrogen (secondary N) is 1. The van der Waals surface area contributed by atoms with Crippen LogP contribution in [-0.2, 0) is 0 Å². The van der Waals surface area contributed by atoms with Crippen molar-refractivity contribution >= 4 is 16.9 Å². The Morgan fingerprint density at radius 1 is 1.41 bits per heavy atom. The van der Waals surface area contributed by atoms with Crippen LogP contribution in [0.5, 0.6) is 0 Å². The lowest BCUT2D eigenvalue weighted by atomic mass is 9.85. The van der Waals surface area contributed by atoms with Crippen molar-refractivity contribution in [1.82, 2.24) is 5.32 Å². The number of rotatable bonds is 3. The molecule has 1 N–H and O–H groups in total. The van der Waals surface area contributed by atoms with Gasteiger partial charge in [-0.1, -0.05) is 39.5 Å². The van der Waals surface area contributed by atoms with Gasteiger partial charge in [-0.2, -0.15) is 0 Å². The zero-order chi connectivity index (χ0) is 12.5. The maximum Gasteiger partial charge on any atom is 0.156 e. The van der Waals surface area contributed by atoms with Gasteiger partial charge in [0, 0.05) is 18.3 Å². The third-order valence-corrected chi connectivity index (χ3v) is 5.21. The molecule has 0 aromatic carbocycles. The molecule has 17 heavy (non-hydrogen) atoms. The Labute approximate surface area is 110 Å². The van der Waals surface area contributed by atoms with E-state index in [9.17, 15) is 0 Å². The second-order valence-electron chi connectivity index (χ2n) is 6.68. The summed E-state index contributed by atoms with van der Waals surface area (Å²) >= 11 is 1.90. The van der Waals surface area contributed by atoms with Gasteiger partial charge in [-0.05, 0) is 36.5 Å². The molecule has 2 nitrogen and oxygen atoms in total. The van der Waals surface area contributed by atoms with Crippen LogP contribution in [0.4, 0.5) is 0 Å². The maximum absolute atomic E-state index is 4.82. The maximum atomic E-state index is 4.82. The van der Waals surface area contributed by atoms with E-state index < -0.39 is 0 Å². The Morgan fingerprint density at radius 3 is 2.65 bits per heavy atom. The van der Waals surface area contributed by atoms with E-state index in [1.54, 1.807) is 0 Å². The topological polar surface area (TPSA) is 24.4 Å². The van der Waals surface area contributed by atoms with E-state index in [1.165, 1.54) is 36.6 Å². The standard InChI is InChI=1S/C14H26N2S/c1-5-14(7-8-14)10-15-12-16-11(6-9-17-12)13(2,3)4/h11H,5-10H2,1-4H3,(H,15,16). The summed E-state index contributed by atoms with van der Waals surface area (Å²) in [5.41, 5.74) is 0.910. The third kappa shape index (κ3) is 3.40. The second kappa shape index (κ2) is 4.83. The first-order valence-electron chi connectivity index (χ1n) is 6.89. The minimum atomic E-state index is 0.337. The number of amidine groups is 1. The van der Waals surface area contributed by atoms with E-state index in [0.717, 1.165) is 6.54 Å². The molecule has 2 rings (SSSR count). The lowest BCUT2D eigenvalue weighted by Gasteiger charge is -2.35. The van der Waals surface area contributed by atoms with Crippen LogP contribution in [0.3, 0.4) is 0 Å². The molecule has 3 heteroatoms. The normalized spacial score (nSPS) is 30.1. The molecule has 1 aliphatic carbocycles. The van der Waals surface area contributed by atoms with E-state index in [1.807, 2.05) is 11.8 Å². The quantitative estimate of drug-likeness (QED) is 0.831. The monoisotopic (exact) mass is 254 g/mol. The van der Waals surface area contributed by atoms with Gasteiger partial charge in [0.05, 0.1) is 0 Å². The van der Waals surface area contributed by atoms with Gasteiger partial charge in [0.2, 0.25) is 0 Å². The molecule has 1 saturated carbocycles. The fourth-order valence-electron chi connectivity index (χ4n) is 2.32. The van der Waals surface area contributed by atoms with Gasteiger partial charge in [0.15, 0.2) is 5.17 Å². The number of nitrogens with zero attached hydrogens (tertiary/aromatic N) is 1. The second-order valence-corrected chi connectivity index (χ2v) is 7.76. The van der Waals surface area contributed by atoms with Crippen molar-refractivity contribution in [2.45, 2.75) is 59.4 Å². The van der Waals surface area contributed by atoms with Gasteiger partial charge in [-0.15, -0.1) is 0 Å². The fraction of sp³-hybridized carbons (Fsp3) is 0.929. The fourth-order valence-corrected chi connectivity index (χ4v) is 3.25. The summed E-state index contributed by atoms with van der Waals surface area (Å²) in [4.78, 5) is 4.82. The number of aliphatic imine (C=N–C) groups is 1. The highest BCUT2D eigenvalue weighted by atomic mass is 32.2. The molecule has 1 unspecified atom stereocenters. The van der Waals surface area contributed by atoms with Crippen molar-refractivity contribution in [1.29, 1.82) is 0 Å². The minimum Gasteiger partial charge on any atom is -0.362 e. The Bertz CT molecular complexity index is 300. The molecule has 1 atom stereocenters. The van der Waals surface area contributed by atoms with Crippen LogP contribution >= 0.6 is 11.8 Å². The number of thioether (sulfide) groups is 1. The van der Waals surface area contributed by atoms with Crippen LogP contribution in [0, 0.1) is 10.8 Å². The van der Waals surface area contributed by atoms with Crippen molar-refractivity contribution in [2.24, 2.45) is 15.8 Å². The van der Waals surface area contributed by atoms with E-state index in [4.69, 9.17) is 4.99 Å². The molecule has 98 valence electrons. The highest BCUT2D eigenvalue weighted by molar-refractivity contribution is 8.13. The van der Waals surface area contributed by atoms with E-state index >= 15 is 0 Å². The highest BCUT2D eigenvalue weighted by Gasteiger charge is 2.40. The average Bonchev–Trinajstić information content (AvgIpc) is 3.06. The molecule has 0 aromatic rings. The van der Waals surface area contributed by atoms with Gasteiger partial charge in [0.25, 0.3) is 0 Å². The van der Waals surface area contributed by atoms with Crippen molar-refractivity contribution in [3.05, 3.63) is 0 Å². The Morgan fingerprint density at radius 2 is 2.12 bits per heavy atom. The Balaban J connectivity index is 1.91.